The molecule has 9 rings (SSSR count). The van der Waals surface area contributed by atoms with Gasteiger partial charge in [-0.3, -0.25) is 9.59 Å². The van der Waals surface area contributed by atoms with E-state index in [4.69, 9.17) is 151 Å². The van der Waals surface area contributed by atoms with Crippen LogP contribution in [0.15, 0.2) is 188 Å². The molecule has 0 bridgehead atoms. The van der Waals surface area contributed by atoms with Crippen molar-refractivity contribution in [3.63, 3.8) is 0 Å². The summed E-state index contributed by atoms with van der Waals surface area (Å²) in [5.41, 5.74) is 9.09. The minimum Gasteiger partial charge on any atom is -0.480 e. The number of nitrogens with two attached hydrogens (primary N) is 1. The average Bonchev–Trinajstić information content (AvgIpc) is 0.832. The predicted octanol–water partition coefficient (Wildman–Crippen LogP) is 21.1. The molecule has 6 N–H and O–H groups in total. The summed E-state index contributed by atoms with van der Waals surface area (Å²) in [6.45, 7) is 0.285. The first kappa shape index (κ1) is 96.9. The van der Waals surface area contributed by atoms with Gasteiger partial charge in [0.2, 0.25) is 0 Å². The van der Waals surface area contributed by atoms with Gasteiger partial charge in [0, 0.05) is 24.3 Å². The number of aromatic carboxylic acids is 2. The maximum atomic E-state index is 12.7. The van der Waals surface area contributed by atoms with E-state index in [2.05, 4.69) is 83.2 Å². The third-order valence-electron chi connectivity index (χ3n) is 13.7. The molecule has 0 heterocycles. The Morgan fingerprint density at radius 3 is 0.936 bits per heavy atom. The number of hydrogen-bond donors (Lipinski definition) is 5. The molecule has 9 aromatic rings. The molecule has 582 valence electrons. The molecule has 0 aliphatic rings. The highest BCUT2D eigenvalue weighted by molar-refractivity contribution is 9.11. The van der Waals surface area contributed by atoms with Crippen molar-refractivity contribution in [2.45, 2.75) is 38.1 Å². The standard InChI is InChI=1S/C19H16BrCl2NO5.C16H12Cl2O4.C14H9BrCl2O2.C9H10BrNO2.C9H6Cl2O4.C7H3BrCl2O2.ClH/c1-27-18(25)11-8-13(21)16(14(22)9-11)17(24)23-15(19(26)28-2)7-10-3-5-12(20)6-4-10;1-21-15(19)11-7-12(17)14(13(18)8-11)16(20)22-9-10-5-3-2-4-6-10;15-10-6-11(16)13(12(17)7-10)14(18)19-8-9-4-2-1-3-5-9;10-7-3-1-6(2-4-7)5-8(11)9(12)13;1-15-9(14)4-2-5(10)7(8(12)13)6(11)3-4;8-3-1-4(9)6(7(11)12)5(10)2-3;/h3-6,8-9,15H,7H2,1-2H3,(H,23,24);2-8H,9H2,1H3;1-7H,8H2;1-4,8H,5,11H2,(H,12,13);2-3H,1H3,(H,12,13);1-2H,(H,11,12);1H/t15-;;;8-;;;/m0..0.../s1. The number of carboxylic acids is 3. The molecule has 0 unspecified atom stereocenters. The second-order valence-electron chi connectivity index (χ2n) is 21.3. The number of carboxylic acid groups (broad SMARTS) is 3. The maximum Gasteiger partial charge on any atom is 0.341 e. The lowest BCUT2D eigenvalue weighted by atomic mass is 10.0. The Balaban J connectivity index is 0.000000350. The third-order valence-corrected chi connectivity index (χ3v) is 18.7. The van der Waals surface area contributed by atoms with Crippen molar-refractivity contribution in [2.24, 2.45) is 5.73 Å². The van der Waals surface area contributed by atoms with Gasteiger partial charge in [0.25, 0.3) is 5.91 Å². The molecule has 0 saturated heterocycles. The van der Waals surface area contributed by atoms with E-state index in [9.17, 15) is 47.9 Å². The fourth-order valence-electron chi connectivity index (χ4n) is 8.50. The number of halogens is 15. The summed E-state index contributed by atoms with van der Waals surface area (Å²) in [5, 5.41) is 29.1. The van der Waals surface area contributed by atoms with Crippen LogP contribution in [0.3, 0.4) is 0 Å². The van der Waals surface area contributed by atoms with Crippen LogP contribution in [0.1, 0.15) is 105 Å². The summed E-state index contributed by atoms with van der Waals surface area (Å²) in [4.78, 5) is 115. The number of carbonyl (C=O) groups is 10. The molecule has 0 aromatic heterocycles. The van der Waals surface area contributed by atoms with E-state index >= 15 is 0 Å². The topological polar surface area (TPSA) is 325 Å². The van der Waals surface area contributed by atoms with Crippen LogP contribution in [0, 0.1) is 0 Å². The van der Waals surface area contributed by atoms with E-state index in [1.165, 1.54) is 77.0 Å². The van der Waals surface area contributed by atoms with Gasteiger partial charge in [0.1, 0.15) is 25.3 Å². The first-order valence-electron chi connectivity index (χ1n) is 30.2. The lowest BCUT2D eigenvalue weighted by molar-refractivity contribution is -0.143. The van der Waals surface area contributed by atoms with Gasteiger partial charge in [-0.05, 0) is 114 Å². The number of benzene rings is 9. The first-order chi connectivity index (χ1) is 51.4. The molecular weight excluding hydrogens is 1930 g/mol. The minimum atomic E-state index is -1.25. The van der Waals surface area contributed by atoms with Crippen LogP contribution in [0.5, 0.6) is 0 Å². The van der Waals surface area contributed by atoms with Gasteiger partial charge in [-0.2, -0.15) is 0 Å². The van der Waals surface area contributed by atoms with Crippen LogP contribution in [0.4, 0.5) is 0 Å². The largest absolute Gasteiger partial charge is 0.480 e. The summed E-state index contributed by atoms with van der Waals surface area (Å²) >= 11 is 71.9. The van der Waals surface area contributed by atoms with Crippen LogP contribution < -0.4 is 11.1 Å². The highest BCUT2D eigenvalue weighted by Gasteiger charge is 2.27. The molecule has 0 saturated carbocycles. The summed E-state index contributed by atoms with van der Waals surface area (Å²) in [7, 11) is 4.89. The number of aliphatic carboxylic acids is 1. The van der Waals surface area contributed by atoms with E-state index in [1.807, 2.05) is 109 Å². The van der Waals surface area contributed by atoms with Crippen molar-refractivity contribution in [1.82, 2.24) is 5.32 Å². The molecule has 36 heteroatoms. The van der Waals surface area contributed by atoms with Gasteiger partial charge in [-0.15, -0.1) is 12.4 Å². The monoisotopic (exact) mass is 1980 g/mol. The summed E-state index contributed by atoms with van der Waals surface area (Å²) in [6, 6.07) is 45.3. The summed E-state index contributed by atoms with van der Waals surface area (Å²) in [5.74, 6) is -7.68. The van der Waals surface area contributed by atoms with Gasteiger partial charge < -0.3 is 54.8 Å². The minimum absolute atomic E-state index is 0. The Hall–Kier alpha value is -7.25. The SMILES string of the molecule is COC(=O)c1cc(Cl)c(C(=O)N[C@@H](Cc2ccc(Br)cc2)C(=O)OC)c(Cl)c1.COC(=O)c1cc(Cl)c(C(=O)O)c(Cl)c1.COC(=O)c1cc(Cl)c(C(=O)OCc2ccccc2)c(Cl)c1.Cl.N[C@@H](Cc1ccc(Br)cc1)C(=O)O.O=C(O)c1c(Cl)cc(Br)cc1Cl.O=C(OCc1ccccc1)c1c(Cl)cc(Br)cc1Cl. The lowest BCUT2D eigenvalue weighted by Crippen LogP contribution is -2.43. The second-order valence-corrected chi connectivity index (χ2v) is 29.0. The zero-order valence-electron chi connectivity index (χ0n) is 56.8. The van der Waals surface area contributed by atoms with Gasteiger partial charge in [-0.25, -0.2) is 38.4 Å². The van der Waals surface area contributed by atoms with E-state index in [0.29, 0.717) is 15.4 Å². The maximum absolute atomic E-state index is 12.7. The zero-order valence-corrected chi connectivity index (χ0v) is 71.5. The number of carbonyl (C=O) groups excluding carboxylic acids is 7. The number of esters is 6. The van der Waals surface area contributed by atoms with E-state index in [1.54, 1.807) is 12.1 Å². The highest BCUT2D eigenvalue weighted by atomic mass is 79.9. The predicted molar refractivity (Wildman–Crippen MR) is 439 cm³/mol. The highest BCUT2D eigenvalue weighted by Crippen LogP contribution is 2.34. The summed E-state index contributed by atoms with van der Waals surface area (Å²) in [6.07, 6.45) is 0.573. The van der Waals surface area contributed by atoms with Crippen LogP contribution in [-0.2, 0) is 64.1 Å². The van der Waals surface area contributed by atoms with Crippen LogP contribution in [0.25, 0.3) is 0 Å². The molecular formula is C74H57Br4Cl11N2O19. The van der Waals surface area contributed by atoms with Crippen molar-refractivity contribution in [1.29, 1.82) is 0 Å². The molecule has 1 amide bonds. The van der Waals surface area contributed by atoms with Gasteiger partial charge in [0.05, 0.1) is 123 Å². The summed E-state index contributed by atoms with van der Waals surface area (Å²) < 4.78 is 32.0. The fourth-order valence-corrected chi connectivity index (χ4v) is 13.7. The van der Waals surface area contributed by atoms with Gasteiger partial charge in [-0.1, -0.05) is 265 Å². The van der Waals surface area contributed by atoms with Crippen molar-refractivity contribution in [2.75, 3.05) is 28.4 Å². The molecule has 2 atom stereocenters. The van der Waals surface area contributed by atoms with Crippen molar-refractivity contribution < 1.29 is 91.7 Å². The smallest absolute Gasteiger partial charge is 0.341 e. The lowest BCUT2D eigenvalue weighted by Gasteiger charge is -2.18. The fraction of sp³-hybridized carbons (Fsp3) is 0.135. The van der Waals surface area contributed by atoms with Crippen molar-refractivity contribution in [3.05, 3.63) is 305 Å². The molecule has 21 nitrogen and oxygen atoms in total. The van der Waals surface area contributed by atoms with Crippen LogP contribution >= 0.6 is 192 Å². The third kappa shape index (κ3) is 31.4. The van der Waals surface area contributed by atoms with E-state index in [0.717, 1.165) is 31.2 Å². The first-order valence-corrected chi connectivity index (χ1v) is 37.2. The second kappa shape index (κ2) is 48.6. The average molecular weight is 1990 g/mol. The number of rotatable bonds is 19. The van der Waals surface area contributed by atoms with Crippen molar-refractivity contribution in [3.8, 4) is 0 Å². The Bertz CT molecular complexity index is 4650. The van der Waals surface area contributed by atoms with Crippen molar-refractivity contribution >= 4 is 252 Å². The van der Waals surface area contributed by atoms with Crippen LogP contribution in [-0.4, -0.2) is 115 Å². The van der Waals surface area contributed by atoms with E-state index < -0.39 is 71.7 Å². The number of ether oxygens (including phenoxy) is 6. The number of hydrogen-bond acceptors (Lipinski definition) is 17. The Morgan fingerprint density at radius 1 is 0.364 bits per heavy atom. The molecule has 0 radical (unpaired) electrons. The quantitative estimate of drug-likeness (QED) is 0.0371. The number of methoxy groups -OCH3 is 4. The van der Waals surface area contributed by atoms with E-state index in [-0.39, 0.29) is 127 Å². The molecule has 0 fully saturated rings. The molecule has 0 spiro atoms. The van der Waals surface area contributed by atoms with Crippen LogP contribution in [0.2, 0.25) is 50.2 Å². The Labute approximate surface area is 718 Å². The normalized spacial score (nSPS) is 10.6. The van der Waals surface area contributed by atoms with Gasteiger partial charge in [0.15, 0.2) is 0 Å². The zero-order chi connectivity index (χ0) is 81.5. The molecule has 0 aliphatic heterocycles. The molecule has 0 aliphatic carbocycles. The van der Waals surface area contributed by atoms with Gasteiger partial charge >= 0.3 is 53.7 Å². The number of amides is 1. The Morgan fingerprint density at radius 2 is 0.645 bits per heavy atom. The molecule has 110 heavy (non-hydrogen) atoms. The Kier molecular flexibility index (Phi) is 42.9. The molecule has 9 aromatic carbocycles. The number of nitrogens with one attached hydrogen (secondary N) is 1.